The molecule has 6 nitrogen and oxygen atoms in total. The Balaban J connectivity index is 1.60. The first kappa shape index (κ1) is 22.2. The van der Waals surface area contributed by atoms with Gasteiger partial charge >= 0.3 is 5.97 Å². The molecule has 1 atom stereocenters. The minimum Gasteiger partial charge on any atom is -0.467 e. The molecule has 0 aliphatic heterocycles. The molecule has 0 spiro atoms. The van der Waals surface area contributed by atoms with E-state index >= 15 is 0 Å². The number of hydrogen-bond acceptors (Lipinski definition) is 5. The van der Waals surface area contributed by atoms with Gasteiger partial charge in [0.15, 0.2) is 11.6 Å². The van der Waals surface area contributed by atoms with Crippen LogP contribution in [0.1, 0.15) is 52.5 Å². The number of hydrogen-bond donors (Lipinski definition) is 1. The molecular formula is C25H25NO5. The number of carbonyl (C=O) groups is 4. The average Bonchev–Trinajstić information content (AvgIpc) is 2.79. The highest BCUT2D eigenvalue weighted by Gasteiger charge is 2.29. The number of Topliss-reactive ketones (excluding diaryl/α,β-unsaturated/α-hetero) is 2. The molecule has 1 unspecified atom stereocenters. The van der Waals surface area contributed by atoms with Crippen LogP contribution in [0.3, 0.4) is 0 Å². The van der Waals surface area contributed by atoms with Gasteiger partial charge in [0.05, 0.1) is 7.11 Å². The number of methoxy groups -OCH3 is 1. The van der Waals surface area contributed by atoms with E-state index in [9.17, 15) is 19.2 Å². The number of ether oxygens (including phenoxy) is 1. The Morgan fingerprint density at radius 1 is 0.935 bits per heavy atom. The molecule has 31 heavy (non-hydrogen) atoms. The van der Waals surface area contributed by atoms with Gasteiger partial charge in [-0.1, -0.05) is 54.6 Å². The average molecular weight is 419 g/mol. The van der Waals surface area contributed by atoms with Crippen molar-refractivity contribution in [3.63, 3.8) is 0 Å². The molecule has 0 saturated heterocycles. The van der Waals surface area contributed by atoms with Crippen LogP contribution in [0.5, 0.6) is 0 Å². The van der Waals surface area contributed by atoms with Crippen LogP contribution < -0.4 is 5.32 Å². The lowest BCUT2D eigenvalue weighted by Gasteiger charge is -2.19. The third kappa shape index (κ3) is 5.15. The summed E-state index contributed by atoms with van der Waals surface area (Å²) in [6.07, 6.45) is 1.16. The lowest BCUT2D eigenvalue weighted by molar-refractivity contribution is -0.145. The first-order chi connectivity index (χ1) is 14.9. The molecule has 2 aromatic carbocycles. The van der Waals surface area contributed by atoms with E-state index in [4.69, 9.17) is 4.74 Å². The SMILES string of the molecule is COC(=O)C(Cc1ccccc1)NC(=O)CCCC1=C(C)C(=O)c2ccccc2C1=O. The maximum absolute atomic E-state index is 12.8. The van der Waals surface area contributed by atoms with Gasteiger partial charge in [0.25, 0.3) is 0 Å². The second-order valence-electron chi connectivity index (χ2n) is 7.49. The van der Waals surface area contributed by atoms with Crippen molar-refractivity contribution >= 4 is 23.4 Å². The molecule has 160 valence electrons. The summed E-state index contributed by atoms with van der Waals surface area (Å²) in [5.41, 5.74) is 2.62. The number of ketones is 2. The Kier molecular flexibility index (Phi) is 7.13. The molecule has 0 saturated carbocycles. The number of carbonyl (C=O) groups excluding carboxylic acids is 4. The molecule has 1 aliphatic rings. The van der Waals surface area contributed by atoms with Crippen molar-refractivity contribution in [1.82, 2.24) is 5.32 Å². The van der Waals surface area contributed by atoms with E-state index < -0.39 is 12.0 Å². The van der Waals surface area contributed by atoms with Crippen molar-refractivity contribution < 1.29 is 23.9 Å². The molecule has 2 aromatic rings. The lowest BCUT2D eigenvalue weighted by Crippen LogP contribution is -2.43. The molecule has 1 aliphatic carbocycles. The number of nitrogens with one attached hydrogen (secondary N) is 1. The fraction of sp³-hybridized carbons (Fsp3) is 0.280. The standard InChI is InChI=1S/C25H25NO5/c1-16-18(24(29)20-12-7-6-11-19(20)23(16)28)13-8-14-22(27)26-21(25(30)31-2)15-17-9-4-3-5-10-17/h3-7,9-12,21H,8,13-15H2,1-2H3,(H,26,27). The van der Waals surface area contributed by atoms with E-state index in [1.54, 1.807) is 31.2 Å². The Hall–Kier alpha value is -3.54. The van der Waals surface area contributed by atoms with Crippen LogP contribution in [0.15, 0.2) is 65.7 Å². The number of fused-ring (bicyclic) bond motifs is 1. The number of amides is 1. The quantitative estimate of drug-likeness (QED) is 0.662. The fourth-order valence-electron chi connectivity index (χ4n) is 3.73. The lowest BCUT2D eigenvalue weighted by atomic mass is 9.83. The molecule has 3 rings (SSSR count). The first-order valence-electron chi connectivity index (χ1n) is 10.2. The second-order valence-corrected chi connectivity index (χ2v) is 7.49. The van der Waals surface area contributed by atoms with Crippen LogP contribution in [-0.2, 0) is 20.7 Å². The largest absolute Gasteiger partial charge is 0.467 e. The topological polar surface area (TPSA) is 89.5 Å². The smallest absolute Gasteiger partial charge is 0.328 e. The van der Waals surface area contributed by atoms with E-state index in [1.807, 2.05) is 30.3 Å². The van der Waals surface area contributed by atoms with Crippen LogP contribution in [0.25, 0.3) is 0 Å². The summed E-state index contributed by atoms with van der Waals surface area (Å²) in [6.45, 7) is 1.65. The zero-order valence-electron chi connectivity index (χ0n) is 17.6. The number of esters is 1. The fourth-order valence-corrected chi connectivity index (χ4v) is 3.73. The summed E-state index contributed by atoms with van der Waals surface area (Å²) in [5.74, 6) is -1.13. The van der Waals surface area contributed by atoms with Gasteiger partial charge in [-0.25, -0.2) is 4.79 Å². The van der Waals surface area contributed by atoms with Crippen molar-refractivity contribution in [2.45, 2.75) is 38.6 Å². The van der Waals surface area contributed by atoms with Gasteiger partial charge in [-0.15, -0.1) is 0 Å². The zero-order chi connectivity index (χ0) is 22.4. The molecule has 0 heterocycles. The highest BCUT2D eigenvalue weighted by atomic mass is 16.5. The Bertz CT molecular complexity index is 1040. The number of allylic oxidation sites excluding steroid dienone is 2. The number of rotatable bonds is 8. The highest BCUT2D eigenvalue weighted by molar-refractivity contribution is 6.26. The van der Waals surface area contributed by atoms with Gasteiger partial charge in [-0.05, 0) is 25.3 Å². The van der Waals surface area contributed by atoms with Crippen molar-refractivity contribution in [2.75, 3.05) is 7.11 Å². The van der Waals surface area contributed by atoms with Crippen molar-refractivity contribution in [3.05, 3.63) is 82.4 Å². The molecule has 1 N–H and O–H groups in total. The number of benzene rings is 2. The van der Waals surface area contributed by atoms with E-state index in [-0.39, 0.29) is 23.9 Å². The van der Waals surface area contributed by atoms with Gasteiger partial charge < -0.3 is 10.1 Å². The molecule has 0 radical (unpaired) electrons. The van der Waals surface area contributed by atoms with Gasteiger partial charge in [-0.3, -0.25) is 14.4 Å². The third-order valence-electron chi connectivity index (χ3n) is 5.42. The summed E-state index contributed by atoms with van der Waals surface area (Å²) in [6, 6.07) is 15.3. The van der Waals surface area contributed by atoms with Gasteiger partial charge in [0, 0.05) is 35.1 Å². The van der Waals surface area contributed by atoms with E-state index in [0.29, 0.717) is 41.5 Å². The Labute approximate surface area is 181 Å². The first-order valence-corrected chi connectivity index (χ1v) is 10.2. The normalized spacial score (nSPS) is 14.1. The Morgan fingerprint density at radius 3 is 2.19 bits per heavy atom. The van der Waals surface area contributed by atoms with Crippen molar-refractivity contribution in [2.24, 2.45) is 0 Å². The van der Waals surface area contributed by atoms with Crippen LogP contribution in [0.4, 0.5) is 0 Å². The van der Waals surface area contributed by atoms with Crippen LogP contribution >= 0.6 is 0 Å². The monoisotopic (exact) mass is 419 g/mol. The zero-order valence-corrected chi connectivity index (χ0v) is 17.6. The molecule has 1 amide bonds. The minimum atomic E-state index is -0.786. The van der Waals surface area contributed by atoms with Crippen LogP contribution in [0, 0.1) is 0 Å². The predicted molar refractivity (Wildman–Crippen MR) is 116 cm³/mol. The summed E-state index contributed by atoms with van der Waals surface area (Å²) < 4.78 is 4.82. The molecule has 0 aromatic heterocycles. The van der Waals surface area contributed by atoms with E-state index in [1.165, 1.54) is 7.11 Å². The van der Waals surface area contributed by atoms with E-state index in [2.05, 4.69) is 5.32 Å². The minimum absolute atomic E-state index is 0.127. The molecule has 0 fully saturated rings. The van der Waals surface area contributed by atoms with Gasteiger partial charge in [0.1, 0.15) is 6.04 Å². The Morgan fingerprint density at radius 2 is 1.55 bits per heavy atom. The van der Waals surface area contributed by atoms with Gasteiger partial charge in [-0.2, -0.15) is 0 Å². The maximum atomic E-state index is 12.8. The molecular weight excluding hydrogens is 394 g/mol. The summed E-state index contributed by atoms with van der Waals surface area (Å²) in [5, 5.41) is 2.72. The van der Waals surface area contributed by atoms with E-state index in [0.717, 1.165) is 5.56 Å². The van der Waals surface area contributed by atoms with Crippen LogP contribution in [-0.4, -0.2) is 36.6 Å². The van der Waals surface area contributed by atoms with Crippen molar-refractivity contribution in [3.8, 4) is 0 Å². The van der Waals surface area contributed by atoms with Gasteiger partial charge in [0.2, 0.25) is 5.91 Å². The summed E-state index contributed by atoms with van der Waals surface area (Å²) in [7, 11) is 1.28. The van der Waals surface area contributed by atoms with Crippen LogP contribution in [0.2, 0.25) is 0 Å². The second kappa shape index (κ2) is 9.98. The summed E-state index contributed by atoms with van der Waals surface area (Å²) >= 11 is 0. The molecule has 6 heteroatoms. The third-order valence-corrected chi connectivity index (χ3v) is 5.42. The maximum Gasteiger partial charge on any atom is 0.328 e. The summed E-state index contributed by atoms with van der Waals surface area (Å²) in [4.78, 5) is 49.9. The predicted octanol–water partition coefficient (Wildman–Crippen LogP) is 3.45. The highest BCUT2D eigenvalue weighted by Crippen LogP contribution is 2.28. The molecule has 0 bridgehead atoms. The van der Waals surface area contributed by atoms with Crippen molar-refractivity contribution in [1.29, 1.82) is 0 Å².